The minimum atomic E-state index is -0.666. The summed E-state index contributed by atoms with van der Waals surface area (Å²) in [5.74, 6) is 0. The van der Waals surface area contributed by atoms with Gasteiger partial charge in [-0.1, -0.05) is 0 Å². The molecule has 1 fully saturated rings. The number of hydrogen-bond acceptors (Lipinski definition) is 7. The molecule has 30 heavy (non-hydrogen) atoms. The summed E-state index contributed by atoms with van der Waals surface area (Å²) in [5, 5.41) is 4.45. The Balaban J connectivity index is 1.99. The number of aryl methyl sites for hydroxylation is 1. The smallest absolute Gasteiger partial charge is 0.428 e. The van der Waals surface area contributed by atoms with Crippen molar-refractivity contribution >= 4 is 33.9 Å². The van der Waals surface area contributed by atoms with Gasteiger partial charge in [0.25, 0.3) is 5.56 Å². The van der Waals surface area contributed by atoms with E-state index in [1.807, 2.05) is 6.92 Å². The zero-order chi connectivity index (χ0) is 22.1. The van der Waals surface area contributed by atoms with E-state index in [1.54, 1.807) is 32.3 Å². The van der Waals surface area contributed by atoms with Crippen LogP contribution in [0.5, 0.6) is 0 Å². The van der Waals surface area contributed by atoms with Crippen LogP contribution in [0.3, 0.4) is 0 Å². The largest absolute Gasteiger partial charge is 0.443 e. The first-order chi connectivity index (χ1) is 14.1. The lowest BCUT2D eigenvalue weighted by molar-refractivity contribution is 0.0529. The molecule has 0 aromatic carbocycles. The molecule has 0 radical (unpaired) electrons. The van der Waals surface area contributed by atoms with Gasteiger partial charge < -0.3 is 9.47 Å². The molecule has 1 saturated heterocycles. The summed E-state index contributed by atoms with van der Waals surface area (Å²) < 4.78 is 13.7. The number of hydrogen-bond donors (Lipinski definition) is 1. The highest BCUT2D eigenvalue weighted by molar-refractivity contribution is 7.20. The standard InChI is InChI=1S/C20H28N4O5S/c1-6-23-16(25)15-12(2)14(10-21-22-18(26)29-20(3,4)5)30-17(15)24(19(23)27)11-13-8-7-9-28-13/h10,13H,6-9,11H2,1-5H3,(H,22,26)/b21-10+. The molecule has 9 nitrogen and oxygen atoms in total. The first kappa shape index (κ1) is 22.2. The molecule has 10 heteroatoms. The monoisotopic (exact) mass is 436 g/mol. The van der Waals surface area contributed by atoms with Gasteiger partial charge in [-0.2, -0.15) is 5.10 Å². The first-order valence-electron chi connectivity index (χ1n) is 10.0. The number of amides is 1. The molecule has 0 bridgehead atoms. The van der Waals surface area contributed by atoms with Crippen LogP contribution in [0.25, 0.3) is 10.2 Å². The highest BCUT2D eigenvalue weighted by atomic mass is 32.1. The van der Waals surface area contributed by atoms with Gasteiger partial charge in [-0.3, -0.25) is 13.9 Å². The van der Waals surface area contributed by atoms with Crippen molar-refractivity contribution in [3.63, 3.8) is 0 Å². The molecule has 1 N–H and O–H groups in total. The van der Waals surface area contributed by atoms with Gasteiger partial charge in [-0.15, -0.1) is 11.3 Å². The molecule has 0 spiro atoms. The van der Waals surface area contributed by atoms with Gasteiger partial charge in [0.15, 0.2) is 0 Å². The van der Waals surface area contributed by atoms with Crippen molar-refractivity contribution < 1.29 is 14.3 Å². The van der Waals surface area contributed by atoms with Gasteiger partial charge in [0.1, 0.15) is 10.4 Å². The number of ether oxygens (including phenoxy) is 2. The fraction of sp³-hybridized carbons (Fsp3) is 0.600. The molecule has 3 rings (SSSR count). The van der Waals surface area contributed by atoms with Crippen molar-refractivity contribution in [1.29, 1.82) is 0 Å². The zero-order valence-corrected chi connectivity index (χ0v) is 18.8. The van der Waals surface area contributed by atoms with Gasteiger partial charge >= 0.3 is 11.8 Å². The SMILES string of the molecule is CCn1c(=O)c2c(C)c(/C=N/NC(=O)OC(C)(C)C)sc2n(CC2CCCO2)c1=O. The summed E-state index contributed by atoms with van der Waals surface area (Å²) in [4.78, 5) is 38.9. The van der Waals surface area contributed by atoms with Crippen LogP contribution in [-0.2, 0) is 22.6 Å². The van der Waals surface area contributed by atoms with Gasteiger partial charge in [0.05, 0.1) is 29.1 Å². The normalized spacial score (nSPS) is 17.2. The fourth-order valence-electron chi connectivity index (χ4n) is 3.41. The number of thiophene rings is 1. The van der Waals surface area contributed by atoms with Crippen LogP contribution in [-0.4, -0.2) is 39.8 Å². The molecule has 1 amide bonds. The number of aromatic nitrogens is 2. The van der Waals surface area contributed by atoms with E-state index in [0.717, 1.165) is 18.4 Å². The predicted molar refractivity (Wildman–Crippen MR) is 117 cm³/mol. The van der Waals surface area contributed by atoms with E-state index in [-0.39, 0.29) is 23.9 Å². The summed E-state index contributed by atoms with van der Waals surface area (Å²) >= 11 is 1.30. The molecule has 1 unspecified atom stereocenters. The highest BCUT2D eigenvalue weighted by Crippen LogP contribution is 2.27. The summed E-state index contributed by atoms with van der Waals surface area (Å²) in [7, 11) is 0. The summed E-state index contributed by atoms with van der Waals surface area (Å²) in [6.45, 7) is 10.3. The fourth-order valence-corrected chi connectivity index (χ4v) is 4.59. The van der Waals surface area contributed by atoms with Crippen molar-refractivity contribution in [3.05, 3.63) is 31.3 Å². The molecule has 2 aromatic heterocycles. The van der Waals surface area contributed by atoms with Gasteiger partial charge in [-0.05, 0) is 53.0 Å². The third kappa shape index (κ3) is 4.65. The quantitative estimate of drug-likeness (QED) is 0.573. The zero-order valence-electron chi connectivity index (χ0n) is 18.0. The molecular weight excluding hydrogens is 408 g/mol. The van der Waals surface area contributed by atoms with Crippen molar-refractivity contribution in [2.45, 2.75) is 72.3 Å². The van der Waals surface area contributed by atoms with Crippen LogP contribution in [0.2, 0.25) is 0 Å². The lowest BCUT2D eigenvalue weighted by Gasteiger charge is -2.18. The van der Waals surface area contributed by atoms with E-state index in [1.165, 1.54) is 22.1 Å². The Kier molecular flexibility index (Phi) is 6.47. The van der Waals surface area contributed by atoms with Gasteiger partial charge in [0, 0.05) is 13.2 Å². The van der Waals surface area contributed by atoms with Crippen LogP contribution in [0.1, 0.15) is 51.0 Å². The number of fused-ring (bicyclic) bond motifs is 1. The van der Waals surface area contributed by atoms with E-state index in [4.69, 9.17) is 9.47 Å². The molecule has 1 aliphatic heterocycles. The average Bonchev–Trinajstić information content (AvgIpc) is 3.26. The molecule has 0 aliphatic carbocycles. The Bertz CT molecular complexity index is 1080. The Labute approximate surface area is 178 Å². The molecule has 3 heterocycles. The second-order valence-electron chi connectivity index (χ2n) is 8.22. The Morgan fingerprint density at radius 1 is 1.37 bits per heavy atom. The van der Waals surface area contributed by atoms with Crippen molar-refractivity contribution in [2.24, 2.45) is 5.10 Å². The van der Waals surface area contributed by atoms with Gasteiger partial charge in [-0.25, -0.2) is 15.0 Å². The molecule has 1 aliphatic rings. The second-order valence-corrected chi connectivity index (χ2v) is 9.25. The average molecular weight is 437 g/mol. The van der Waals surface area contributed by atoms with Crippen molar-refractivity contribution in [2.75, 3.05) is 6.61 Å². The summed E-state index contributed by atoms with van der Waals surface area (Å²) in [5.41, 5.74) is 1.77. The lowest BCUT2D eigenvalue weighted by atomic mass is 10.2. The predicted octanol–water partition coefficient (Wildman–Crippen LogP) is 2.59. The van der Waals surface area contributed by atoms with Crippen LogP contribution in [0.15, 0.2) is 14.7 Å². The van der Waals surface area contributed by atoms with Crippen LogP contribution in [0, 0.1) is 6.92 Å². The van der Waals surface area contributed by atoms with Gasteiger partial charge in [0.2, 0.25) is 0 Å². The Hall–Kier alpha value is -2.46. The maximum Gasteiger partial charge on any atom is 0.428 e. The van der Waals surface area contributed by atoms with Crippen molar-refractivity contribution in [1.82, 2.24) is 14.6 Å². The second kappa shape index (κ2) is 8.73. The van der Waals surface area contributed by atoms with E-state index in [2.05, 4.69) is 10.5 Å². The number of rotatable bonds is 5. The van der Waals surface area contributed by atoms with E-state index in [9.17, 15) is 14.4 Å². The molecule has 0 saturated carbocycles. The number of carbonyl (C=O) groups excluding carboxylic acids is 1. The Morgan fingerprint density at radius 3 is 2.70 bits per heavy atom. The highest BCUT2D eigenvalue weighted by Gasteiger charge is 2.23. The number of nitrogens with one attached hydrogen (secondary N) is 1. The van der Waals surface area contributed by atoms with E-state index in [0.29, 0.717) is 28.2 Å². The number of hydrazone groups is 1. The maximum atomic E-state index is 12.9. The molecular formula is C20H28N4O5S. The van der Waals surface area contributed by atoms with Crippen LogP contribution in [0.4, 0.5) is 4.79 Å². The third-order valence-corrected chi connectivity index (χ3v) is 6.04. The minimum absolute atomic E-state index is 0.0398. The third-order valence-electron chi connectivity index (χ3n) is 4.79. The molecule has 2 aromatic rings. The van der Waals surface area contributed by atoms with Crippen LogP contribution < -0.4 is 16.7 Å². The summed E-state index contributed by atoms with van der Waals surface area (Å²) in [6, 6.07) is 0. The number of nitrogens with zero attached hydrogens (tertiary/aromatic N) is 3. The van der Waals surface area contributed by atoms with Crippen LogP contribution >= 0.6 is 11.3 Å². The first-order valence-corrected chi connectivity index (χ1v) is 10.8. The Morgan fingerprint density at radius 2 is 2.10 bits per heavy atom. The maximum absolute atomic E-state index is 12.9. The minimum Gasteiger partial charge on any atom is -0.443 e. The number of carbonyl (C=O) groups is 1. The van der Waals surface area contributed by atoms with Crippen molar-refractivity contribution in [3.8, 4) is 0 Å². The topological polar surface area (TPSA) is 104 Å². The van der Waals surface area contributed by atoms with E-state index < -0.39 is 11.7 Å². The molecule has 1 atom stereocenters. The molecule has 164 valence electrons. The summed E-state index contributed by atoms with van der Waals surface area (Å²) in [6.07, 6.45) is 2.62. The lowest BCUT2D eigenvalue weighted by Crippen LogP contribution is -2.40. The van der Waals surface area contributed by atoms with E-state index >= 15 is 0 Å².